The van der Waals surface area contributed by atoms with Crippen LogP contribution in [0.2, 0.25) is 0 Å². The Labute approximate surface area is 142 Å². The highest BCUT2D eigenvalue weighted by atomic mass is 16.5. The minimum Gasteiger partial charge on any atom is -0.497 e. The predicted molar refractivity (Wildman–Crippen MR) is 95.5 cm³/mol. The molecule has 0 unspecified atom stereocenters. The van der Waals surface area contributed by atoms with Gasteiger partial charge in [0, 0.05) is 24.9 Å². The molecule has 0 spiro atoms. The third-order valence-corrected chi connectivity index (χ3v) is 3.18. The van der Waals surface area contributed by atoms with E-state index in [0.29, 0.717) is 30.1 Å². The van der Waals surface area contributed by atoms with Crippen LogP contribution in [0.25, 0.3) is 0 Å². The van der Waals surface area contributed by atoms with Gasteiger partial charge in [0.1, 0.15) is 11.5 Å². The van der Waals surface area contributed by atoms with Crippen LogP contribution in [0.1, 0.15) is 19.4 Å². The minimum atomic E-state index is 0.445. The Morgan fingerprint density at radius 3 is 2.71 bits per heavy atom. The maximum Gasteiger partial charge on any atom is 0.219 e. The first-order valence-corrected chi connectivity index (χ1v) is 7.87. The minimum absolute atomic E-state index is 0.445. The van der Waals surface area contributed by atoms with Crippen LogP contribution >= 0.6 is 0 Å². The topological polar surface area (TPSA) is 81.8 Å². The van der Waals surface area contributed by atoms with E-state index in [2.05, 4.69) is 29.1 Å². The van der Waals surface area contributed by atoms with Crippen molar-refractivity contribution in [3.63, 3.8) is 0 Å². The molecule has 0 amide bonds. The number of aliphatic imine (C=N–C) groups is 1. The monoisotopic (exact) mass is 328 g/mol. The highest BCUT2D eigenvalue weighted by Crippen LogP contribution is 2.23. The first-order valence-electron chi connectivity index (χ1n) is 7.87. The van der Waals surface area contributed by atoms with Crippen LogP contribution in [-0.2, 0) is 6.54 Å². The largest absolute Gasteiger partial charge is 0.497 e. The number of guanidine groups is 1. The van der Waals surface area contributed by atoms with Crippen molar-refractivity contribution in [1.29, 1.82) is 0 Å². The first-order chi connectivity index (χ1) is 11.6. The molecule has 0 atom stereocenters. The number of nitrogens with zero attached hydrogens (tertiary/aromatic N) is 2. The maximum atomic E-state index is 5.81. The summed E-state index contributed by atoms with van der Waals surface area (Å²) in [4.78, 5) is 8.58. The van der Waals surface area contributed by atoms with Crippen LogP contribution in [0, 0.1) is 5.92 Å². The van der Waals surface area contributed by atoms with Crippen LogP contribution in [-0.4, -0.2) is 24.6 Å². The third kappa shape index (κ3) is 5.79. The SMILES string of the molecule is COc1cccc(Oc2ccc(CN=C(N)NCC(C)C)cn2)c1. The molecular formula is C18H24N4O2. The summed E-state index contributed by atoms with van der Waals surface area (Å²) in [6.45, 7) is 5.51. The number of hydrogen-bond donors (Lipinski definition) is 2. The van der Waals surface area contributed by atoms with Gasteiger partial charge in [0.2, 0.25) is 5.88 Å². The Bertz CT molecular complexity index is 669. The molecule has 0 saturated carbocycles. The molecule has 2 rings (SSSR count). The first kappa shape index (κ1) is 17.6. The van der Waals surface area contributed by atoms with Crippen LogP contribution in [0.3, 0.4) is 0 Å². The Balaban J connectivity index is 1.91. The molecule has 0 aliphatic rings. The van der Waals surface area contributed by atoms with Crippen molar-refractivity contribution in [2.45, 2.75) is 20.4 Å². The van der Waals surface area contributed by atoms with Gasteiger partial charge in [-0.15, -0.1) is 0 Å². The summed E-state index contributed by atoms with van der Waals surface area (Å²) in [7, 11) is 1.62. The van der Waals surface area contributed by atoms with E-state index in [9.17, 15) is 0 Å². The van der Waals surface area contributed by atoms with E-state index >= 15 is 0 Å². The molecule has 0 radical (unpaired) electrons. The van der Waals surface area contributed by atoms with Crippen LogP contribution < -0.4 is 20.5 Å². The highest BCUT2D eigenvalue weighted by molar-refractivity contribution is 5.77. The number of ether oxygens (including phenoxy) is 2. The second kappa shape index (κ2) is 8.76. The van der Waals surface area contributed by atoms with Crippen molar-refractivity contribution >= 4 is 5.96 Å². The predicted octanol–water partition coefficient (Wildman–Crippen LogP) is 2.94. The van der Waals surface area contributed by atoms with Crippen molar-refractivity contribution in [3.05, 3.63) is 48.2 Å². The number of methoxy groups -OCH3 is 1. The molecular weight excluding hydrogens is 304 g/mol. The summed E-state index contributed by atoms with van der Waals surface area (Å²) in [6.07, 6.45) is 1.73. The highest BCUT2D eigenvalue weighted by Gasteiger charge is 2.01. The summed E-state index contributed by atoms with van der Waals surface area (Å²) in [5.41, 5.74) is 6.77. The molecule has 0 aliphatic carbocycles. The summed E-state index contributed by atoms with van der Waals surface area (Å²) in [5.74, 6) is 2.90. The number of aromatic nitrogens is 1. The van der Waals surface area contributed by atoms with Crippen molar-refractivity contribution in [2.24, 2.45) is 16.6 Å². The lowest BCUT2D eigenvalue weighted by Crippen LogP contribution is -2.34. The van der Waals surface area contributed by atoms with E-state index in [0.717, 1.165) is 17.9 Å². The lowest BCUT2D eigenvalue weighted by molar-refractivity contribution is 0.407. The number of benzene rings is 1. The average molecular weight is 328 g/mol. The molecule has 24 heavy (non-hydrogen) atoms. The molecule has 0 aliphatic heterocycles. The van der Waals surface area contributed by atoms with Gasteiger partial charge in [-0.2, -0.15) is 0 Å². The zero-order valence-electron chi connectivity index (χ0n) is 14.3. The molecule has 128 valence electrons. The standard InChI is InChI=1S/C18H24N4O2/c1-13(2)10-21-18(19)22-12-14-7-8-17(20-11-14)24-16-6-4-5-15(9-16)23-3/h4-9,11,13H,10,12H2,1-3H3,(H3,19,21,22). The summed E-state index contributed by atoms with van der Waals surface area (Å²) >= 11 is 0. The lowest BCUT2D eigenvalue weighted by atomic mass is 10.2. The summed E-state index contributed by atoms with van der Waals surface area (Å²) in [5, 5.41) is 3.08. The van der Waals surface area contributed by atoms with Gasteiger partial charge in [0.25, 0.3) is 0 Å². The van der Waals surface area contributed by atoms with Gasteiger partial charge in [0.15, 0.2) is 5.96 Å². The van der Waals surface area contributed by atoms with Crippen LogP contribution in [0.4, 0.5) is 0 Å². The maximum absolute atomic E-state index is 5.81. The zero-order chi connectivity index (χ0) is 17.4. The van der Waals surface area contributed by atoms with Crippen molar-refractivity contribution in [2.75, 3.05) is 13.7 Å². The van der Waals surface area contributed by atoms with Gasteiger partial charge < -0.3 is 20.5 Å². The Morgan fingerprint density at radius 2 is 2.04 bits per heavy atom. The van der Waals surface area contributed by atoms with Crippen LogP contribution in [0.15, 0.2) is 47.6 Å². The van der Waals surface area contributed by atoms with E-state index in [1.54, 1.807) is 19.4 Å². The fourth-order valence-corrected chi connectivity index (χ4v) is 1.89. The summed E-state index contributed by atoms with van der Waals surface area (Å²) in [6, 6.07) is 11.1. The van der Waals surface area contributed by atoms with Gasteiger partial charge in [-0.25, -0.2) is 9.98 Å². The van der Waals surface area contributed by atoms with Crippen molar-refractivity contribution < 1.29 is 9.47 Å². The molecule has 6 nitrogen and oxygen atoms in total. The van der Waals surface area contributed by atoms with Gasteiger partial charge in [-0.1, -0.05) is 26.0 Å². The van der Waals surface area contributed by atoms with E-state index < -0.39 is 0 Å². The number of hydrogen-bond acceptors (Lipinski definition) is 4. The second-order valence-electron chi connectivity index (χ2n) is 5.76. The van der Waals surface area contributed by atoms with Gasteiger partial charge in [0.05, 0.1) is 13.7 Å². The fraction of sp³-hybridized carbons (Fsp3) is 0.333. The zero-order valence-corrected chi connectivity index (χ0v) is 14.3. The molecule has 3 N–H and O–H groups in total. The third-order valence-electron chi connectivity index (χ3n) is 3.18. The molecule has 0 bridgehead atoms. The molecule has 6 heteroatoms. The molecule has 1 heterocycles. The molecule has 1 aromatic carbocycles. The molecule has 2 aromatic rings. The smallest absolute Gasteiger partial charge is 0.219 e. The van der Waals surface area contributed by atoms with E-state index in [-0.39, 0.29) is 0 Å². The fourth-order valence-electron chi connectivity index (χ4n) is 1.89. The van der Waals surface area contributed by atoms with Gasteiger partial charge in [-0.3, -0.25) is 0 Å². The normalized spacial score (nSPS) is 11.4. The van der Waals surface area contributed by atoms with Gasteiger partial charge >= 0.3 is 0 Å². The number of pyridine rings is 1. The van der Waals surface area contributed by atoms with Gasteiger partial charge in [-0.05, 0) is 23.6 Å². The number of nitrogens with two attached hydrogens (primary N) is 1. The van der Waals surface area contributed by atoms with E-state index in [1.165, 1.54) is 0 Å². The Hall–Kier alpha value is -2.76. The van der Waals surface area contributed by atoms with Crippen molar-refractivity contribution in [3.8, 4) is 17.4 Å². The second-order valence-corrected chi connectivity index (χ2v) is 5.76. The number of nitrogens with one attached hydrogen (secondary N) is 1. The average Bonchev–Trinajstić information content (AvgIpc) is 2.59. The van der Waals surface area contributed by atoms with E-state index in [4.69, 9.17) is 15.2 Å². The summed E-state index contributed by atoms with van der Waals surface area (Å²) < 4.78 is 10.9. The lowest BCUT2D eigenvalue weighted by Gasteiger charge is -2.08. The molecule has 0 saturated heterocycles. The Kier molecular flexibility index (Phi) is 6.42. The number of rotatable bonds is 7. The van der Waals surface area contributed by atoms with Crippen LogP contribution in [0.5, 0.6) is 17.4 Å². The quantitative estimate of drug-likeness (QED) is 0.603. The molecule has 1 aromatic heterocycles. The van der Waals surface area contributed by atoms with E-state index in [1.807, 2.05) is 30.3 Å². The Morgan fingerprint density at radius 1 is 1.25 bits per heavy atom. The molecule has 0 fully saturated rings. The van der Waals surface area contributed by atoms with Crippen molar-refractivity contribution in [1.82, 2.24) is 10.3 Å².